The molecule has 17 heavy (non-hydrogen) atoms. The van der Waals surface area contributed by atoms with Crippen LogP contribution in [0.25, 0.3) is 0 Å². The Balaban J connectivity index is 2.03. The van der Waals surface area contributed by atoms with Crippen LogP contribution < -0.4 is 5.32 Å². The Hall–Kier alpha value is -1.20. The van der Waals surface area contributed by atoms with Crippen LogP contribution in [-0.4, -0.2) is 6.54 Å². The van der Waals surface area contributed by atoms with E-state index in [1.807, 2.05) is 6.07 Å². The van der Waals surface area contributed by atoms with Gasteiger partial charge in [-0.25, -0.2) is 0 Å². The van der Waals surface area contributed by atoms with Crippen molar-refractivity contribution in [2.45, 2.75) is 26.7 Å². The quantitative estimate of drug-likeness (QED) is 0.872. The summed E-state index contributed by atoms with van der Waals surface area (Å²) in [5.41, 5.74) is 1.99. The van der Waals surface area contributed by atoms with Crippen LogP contribution in [0.1, 0.15) is 32.3 Å². The van der Waals surface area contributed by atoms with E-state index in [-0.39, 0.29) is 0 Å². The second-order valence-corrected chi connectivity index (χ2v) is 5.58. The molecule has 1 aliphatic carbocycles. The van der Waals surface area contributed by atoms with Gasteiger partial charge in [-0.2, -0.15) is 5.26 Å². The van der Waals surface area contributed by atoms with Crippen LogP contribution in [0.2, 0.25) is 5.02 Å². The van der Waals surface area contributed by atoms with Crippen LogP contribution in [0.4, 0.5) is 5.69 Å². The molecule has 0 saturated heterocycles. The number of nitriles is 1. The lowest BCUT2D eigenvalue weighted by Crippen LogP contribution is -2.20. The highest BCUT2D eigenvalue weighted by Crippen LogP contribution is 2.51. The van der Waals surface area contributed by atoms with Crippen molar-refractivity contribution >= 4 is 17.3 Å². The average Bonchev–Trinajstić information content (AvgIpc) is 3.08. The Morgan fingerprint density at radius 1 is 1.47 bits per heavy atom. The summed E-state index contributed by atoms with van der Waals surface area (Å²) in [6, 6.07) is 7.47. The van der Waals surface area contributed by atoms with Crippen molar-refractivity contribution in [3.63, 3.8) is 0 Å². The molecular formula is C14H17ClN2. The highest BCUT2D eigenvalue weighted by Gasteiger charge is 2.44. The molecule has 1 fully saturated rings. The fourth-order valence-electron chi connectivity index (χ4n) is 2.12. The number of rotatable bonds is 4. The number of nitrogens with one attached hydrogen (secondary N) is 1. The molecule has 2 nitrogen and oxygen atoms in total. The Kier molecular flexibility index (Phi) is 3.31. The van der Waals surface area contributed by atoms with Gasteiger partial charge < -0.3 is 5.32 Å². The fourth-order valence-corrected chi connectivity index (χ4v) is 2.37. The van der Waals surface area contributed by atoms with Crippen molar-refractivity contribution in [3.8, 4) is 6.07 Å². The third-order valence-corrected chi connectivity index (χ3v) is 4.16. The third-order valence-electron chi connectivity index (χ3n) is 3.85. The van der Waals surface area contributed by atoms with Crippen molar-refractivity contribution < 1.29 is 0 Å². The predicted molar refractivity (Wildman–Crippen MR) is 71.2 cm³/mol. The molecule has 1 saturated carbocycles. The van der Waals surface area contributed by atoms with Gasteiger partial charge in [0, 0.05) is 6.54 Å². The van der Waals surface area contributed by atoms with E-state index >= 15 is 0 Å². The third kappa shape index (κ3) is 2.56. The van der Waals surface area contributed by atoms with Crippen molar-refractivity contribution in [1.29, 1.82) is 5.26 Å². The van der Waals surface area contributed by atoms with Gasteiger partial charge in [0.25, 0.3) is 0 Å². The minimum Gasteiger partial charge on any atom is -0.383 e. The predicted octanol–water partition coefficient (Wildman–Crippen LogP) is 4.06. The van der Waals surface area contributed by atoms with E-state index in [1.54, 1.807) is 12.1 Å². The van der Waals surface area contributed by atoms with Gasteiger partial charge in [-0.15, -0.1) is 0 Å². The normalized spacial score (nSPS) is 16.6. The van der Waals surface area contributed by atoms with Crippen molar-refractivity contribution in [2.75, 3.05) is 11.9 Å². The first-order valence-corrected chi connectivity index (χ1v) is 6.39. The summed E-state index contributed by atoms with van der Waals surface area (Å²) in [4.78, 5) is 0. The topological polar surface area (TPSA) is 35.8 Å². The maximum atomic E-state index is 8.77. The lowest BCUT2D eigenvalue weighted by molar-refractivity contribution is 0.380. The van der Waals surface area contributed by atoms with E-state index < -0.39 is 0 Å². The minimum atomic E-state index is 0.456. The summed E-state index contributed by atoms with van der Waals surface area (Å²) in [5, 5.41) is 12.8. The minimum absolute atomic E-state index is 0.456. The number of hydrogen-bond acceptors (Lipinski definition) is 2. The van der Waals surface area contributed by atoms with Crippen LogP contribution in [0.5, 0.6) is 0 Å². The maximum Gasteiger partial charge on any atom is 0.0992 e. The first-order chi connectivity index (χ1) is 8.07. The second kappa shape index (κ2) is 4.58. The summed E-state index contributed by atoms with van der Waals surface area (Å²) in [7, 11) is 0. The first-order valence-electron chi connectivity index (χ1n) is 6.01. The molecule has 0 unspecified atom stereocenters. The Morgan fingerprint density at radius 2 is 2.18 bits per heavy atom. The van der Waals surface area contributed by atoms with Gasteiger partial charge in [0.15, 0.2) is 0 Å². The molecule has 0 bridgehead atoms. The number of anilines is 1. The largest absolute Gasteiger partial charge is 0.383 e. The molecule has 0 radical (unpaired) electrons. The molecule has 0 aromatic heterocycles. The van der Waals surface area contributed by atoms with E-state index in [2.05, 4.69) is 25.2 Å². The molecule has 3 heteroatoms. The van der Waals surface area contributed by atoms with Crippen LogP contribution in [0.15, 0.2) is 18.2 Å². The number of benzene rings is 1. The molecule has 0 heterocycles. The zero-order chi connectivity index (χ0) is 12.5. The van der Waals surface area contributed by atoms with E-state index in [0.29, 0.717) is 21.9 Å². The van der Waals surface area contributed by atoms with Gasteiger partial charge in [-0.05, 0) is 42.4 Å². The molecule has 1 aliphatic rings. The van der Waals surface area contributed by atoms with E-state index in [9.17, 15) is 0 Å². The van der Waals surface area contributed by atoms with Crippen LogP contribution in [0, 0.1) is 22.7 Å². The van der Waals surface area contributed by atoms with Crippen LogP contribution in [0.3, 0.4) is 0 Å². The zero-order valence-corrected chi connectivity index (χ0v) is 11.0. The Morgan fingerprint density at radius 3 is 2.65 bits per heavy atom. The molecule has 0 aliphatic heterocycles. The monoisotopic (exact) mass is 248 g/mol. The standard InChI is InChI=1S/C14H17ClN2/c1-10(2)14(5-6-14)9-17-13-4-3-11(8-16)7-12(13)15/h3-4,7,10,17H,5-6,9H2,1-2H3. The van der Waals surface area contributed by atoms with Gasteiger partial charge >= 0.3 is 0 Å². The molecule has 0 amide bonds. The van der Waals surface area contributed by atoms with Crippen molar-refractivity contribution in [2.24, 2.45) is 11.3 Å². The highest BCUT2D eigenvalue weighted by molar-refractivity contribution is 6.33. The summed E-state index contributed by atoms with van der Waals surface area (Å²) in [5.74, 6) is 0.701. The lowest BCUT2D eigenvalue weighted by Gasteiger charge is -2.21. The summed E-state index contributed by atoms with van der Waals surface area (Å²) in [6.07, 6.45) is 2.59. The fraction of sp³-hybridized carbons (Fsp3) is 0.500. The van der Waals surface area contributed by atoms with E-state index in [4.69, 9.17) is 16.9 Å². The maximum absolute atomic E-state index is 8.77. The van der Waals surface area contributed by atoms with Gasteiger partial charge in [-0.3, -0.25) is 0 Å². The lowest BCUT2D eigenvalue weighted by atomic mass is 9.92. The Labute approximate surface area is 108 Å². The van der Waals surface area contributed by atoms with E-state index in [1.165, 1.54) is 12.8 Å². The highest BCUT2D eigenvalue weighted by atomic mass is 35.5. The van der Waals surface area contributed by atoms with Gasteiger partial charge in [0.05, 0.1) is 22.3 Å². The molecule has 1 N–H and O–H groups in total. The Bertz CT molecular complexity index is 456. The first kappa shape index (κ1) is 12.3. The van der Waals surface area contributed by atoms with Gasteiger partial charge in [-0.1, -0.05) is 25.4 Å². The molecule has 1 aromatic rings. The van der Waals surface area contributed by atoms with Crippen molar-refractivity contribution in [1.82, 2.24) is 0 Å². The number of halogens is 1. The van der Waals surface area contributed by atoms with Crippen molar-refractivity contribution in [3.05, 3.63) is 28.8 Å². The van der Waals surface area contributed by atoms with Crippen LogP contribution in [-0.2, 0) is 0 Å². The molecular weight excluding hydrogens is 232 g/mol. The molecule has 0 atom stereocenters. The number of hydrogen-bond donors (Lipinski definition) is 1. The smallest absolute Gasteiger partial charge is 0.0992 e. The van der Waals surface area contributed by atoms with Crippen LogP contribution >= 0.6 is 11.6 Å². The van der Waals surface area contributed by atoms with Gasteiger partial charge in [0.1, 0.15) is 0 Å². The second-order valence-electron chi connectivity index (χ2n) is 5.18. The molecule has 1 aromatic carbocycles. The number of nitrogens with zero attached hydrogens (tertiary/aromatic N) is 1. The van der Waals surface area contributed by atoms with Gasteiger partial charge in [0.2, 0.25) is 0 Å². The average molecular weight is 249 g/mol. The summed E-state index contributed by atoms with van der Waals surface area (Å²) >= 11 is 6.12. The summed E-state index contributed by atoms with van der Waals surface area (Å²) in [6.45, 7) is 5.51. The SMILES string of the molecule is CC(C)C1(CNc2ccc(C#N)cc2Cl)CC1. The molecule has 90 valence electrons. The molecule has 0 spiro atoms. The zero-order valence-electron chi connectivity index (χ0n) is 10.3. The van der Waals surface area contributed by atoms with E-state index in [0.717, 1.165) is 12.2 Å². The molecule has 2 rings (SSSR count). The summed E-state index contributed by atoms with van der Waals surface area (Å²) < 4.78 is 0.